The van der Waals surface area contributed by atoms with Crippen LogP contribution in [0, 0.1) is 8.69 Å². The van der Waals surface area contributed by atoms with E-state index in [4.69, 9.17) is 22.5 Å². The first kappa shape index (κ1) is 89.7. The molecule has 1 aliphatic heterocycles. The van der Waals surface area contributed by atoms with E-state index in [1.54, 1.807) is 44.0 Å². The Hall–Kier alpha value is 1.88. The molecular formula is C39H94Al2B2N2O13P4S3. The Morgan fingerprint density at radius 1 is 0.523 bits per heavy atom. The predicted octanol–water partition coefficient (Wildman–Crippen LogP) is 14.0. The second-order valence-corrected chi connectivity index (χ2v) is 23.4. The fraction of sp³-hybridized carbons (Fsp3) is 0.897. The molecule has 15 nitrogen and oxygen atoms in total. The van der Waals surface area contributed by atoms with Gasteiger partial charge in [0.15, 0.2) is 0 Å². The zero-order chi connectivity index (χ0) is 50.7. The number of unbranched alkanes of at least 4 members (excludes halogenated alkanes) is 9. The molecule has 65 heavy (non-hydrogen) atoms. The van der Waals surface area contributed by atoms with Crippen LogP contribution >= 0.6 is 67.4 Å². The van der Waals surface area contributed by atoms with E-state index in [2.05, 4.69) is 86.3 Å². The van der Waals surface area contributed by atoms with Crippen molar-refractivity contribution in [2.75, 3.05) is 105 Å². The van der Waals surface area contributed by atoms with Gasteiger partial charge < -0.3 is 40.9 Å². The third kappa shape index (κ3) is 77.5. The van der Waals surface area contributed by atoms with E-state index in [-0.39, 0.29) is 18.3 Å². The summed E-state index contributed by atoms with van der Waals surface area (Å²) in [6, 6.07) is 0. The maximum atomic E-state index is 11.5. The Morgan fingerprint density at radius 2 is 0.846 bits per heavy atom. The Kier molecular flexibility index (Phi) is 103. The van der Waals surface area contributed by atoms with Gasteiger partial charge in [0.2, 0.25) is 0 Å². The van der Waals surface area contributed by atoms with E-state index in [9.17, 15) is 18.3 Å². The number of ether oxygens (including phenoxy) is 1. The van der Waals surface area contributed by atoms with Crippen molar-refractivity contribution >= 4 is 116 Å². The van der Waals surface area contributed by atoms with Crippen molar-refractivity contribution in [2.45, 2.75) is 124 Å². The van der Waals surface area contributed by atoms with Gasteiger partial charge in [-0.3, -0.25) is 18.3 Å². The van der Waals surface area contributed by atoms with Gasteiger partial charge >= 0.3 is 71.3 Å². The van der Waals surface area contributed by atoms with Gasteiger partial charge in [-0.1, -0.05) is 98.6 Å². The molecule has 0 bridgehead atoms. The molecule has 0 unspecified atom stereocenters. The van der Waals surface area contributed by atoms with Crippen LogP contribution in [0.25, 0.3) is 0 Å². The normalized spacial score (nSPS) is 11.1. The second-order valence-electron chi connectivity index (χ2n) is 12.1. The minimum atomic E-state index is -2.90. The Bertz CT molecular complexity index is 1040. The van der Waals surface area contributed by atoms with Gasteiger partial charge in [-0.05, 0) is 55.8 Å². The molecule has 0 aliphatic carbocycles. The molecular weight excluding hydrogens is 1000 g/mol. The van der Waals surface area contributed by atoms with Gasteiger partial charge in [0.25, 0.3) is 0 Å². The summed E-state index contributed by atoms with van der Waals surface area (Å²) in [7, 11) is -0.318. The molecule has 8 radical (unpaired) electrons. The molecule has 1 aliphatic rings. The molecule has 0 aromatic rings. The van der Waals surface area contributed by atoms with E-state index in [1.807, 2.05) is 6.92 Å². The molecule has 388 valence electrons. The van der Waals surface area contributed by atoms with Gasteiger partial charge in [0, 0.05) is 112 Å². The molecule has 0 aromatic heterocycles. The van der Waals surface area contributed by atoms with Crippen LogP contribution in [-0.2, 0) is 59.2 Å². The Balaban J connectivity index is -0.0000000595. The summed E-state index contributed by atoms with van der Waals surface area (Å²) in [6.45, 7) is 17.0. The molecule has 0 amide bonds. The Labute approximate surface area is 437 Å². The molecule has 0 atom stereocenters. The van der Waals surface area contributed by atoms with Crippen LogP contribution in [0.1, 0.15) is 125 Å². The summed E-state index contributed by atoms with van der Waals surface area (Å²) >= 11 is 13.2. The van der Waals surface area contributed by atoms with Gasteiger partial charge in [-0.15, -0.1) is 0 Å². The fourth-order valence-corrected chi connectivity index (χ4v) is 8.37. The summed E-state index contributed by atoms with van der Waals surface area (Å²) in [5.74, 6) is 6.34. The van der Waals surface area contributed by atoms with Crippen LogP contribution in [0.15, 0.2) is 24.8 Å². The SMILES string of the molecule is C1CCOC1.C=CP(=O)(OC)OC.C=CP(=O)(OC)OC.CCCCCCCCCCCCS.CCCP(=O)(OC)OC.CCCS.CCCSCCP(=O)(OC)OC.[2HH].[B].[B].[NH]=[Al].[NH]=[Al]. The molecule has 0 saturated carbocycles. The molecule has 1 rings (SSSR count). The Morgan fingerprint density at radius 3 is 1.03 bits per heavy atom. The number of thioether (sulfide) groups is 1. The topological polar surface area (TPSA) is 199 Å². The van der Waals surface area contributed by atoms with Crippen molar-refractivity contribution in [1.82, 2.24) is 0 Å². The third-order valence-corrected chi connectivity index (χ3v) is 16.7. The summed E-state index contributed by atoms with van der Waals surface area (Å²) < 4.78 is 97.1. The van der Waals surface area contributed by atoms with Crippen molar-refractivity contribution in [2.24, 2.45) is 0 Å². The molecule has 1 fully saturated rings. The van der Waals surface area contributed by atoms with Crippen LogP contribution in [0.4, 0.5) is 0 Å². The summed E-state index contributed by atoms with van der Waals surface area (Å²) in [4.78, 5) is 0. The standard InChI is InChI=1S/C12H26S.C7H17O3PS.C5H13O3P.2C4H9O3P.C4H8O.C3H8S.2Al.2B.2HN.H2/c1-2-3-4-5-6-7-8-9-10-11-12-13;1-4-6-12-7-5-11(8,9-2)10-3;1-4-5-9(6,7-2)8-3;2*1-4-8(5,6-2)7-3;1-2-4-5-3-1;1-2-3-4;;;;;;;/h13H,2-12H2,1H3;4-7H2,1-3H3;4-5H2,1-3H3;2*4H,1H2,2-3H3;1-4H2;4H,2-3H2,1H3;;;;;3*1H/i;;;;;;;;;;;;;1+1. The predicted molar refractivity (Wildman–Crippen MR) is 295 cm³/mol. The third-order valence-electron chi connectivity index (χ3n) is 7.50. The van der Waals surface area contributed by atoms with Crippen molar-refractivity contribution in [1.29, 1.82) is 8.69 Å². The summed E-state index contributed by atoms with van der Waals surface area (Å²) in [6.07, 6.45) is 20.9. The second kappa shape index (κ2) is 74.8. The van der Waals surface area contributed by atoms with Crippen molar-refractivity contribution in [3.05, 3.63) is 24.8 Å². The van der Waals surface area contributed by atoms with Gasteiger partial charge in [0.1, 0.15) is 0 Å². The number of nitrogens with one attached hydrogen (secondary N) is 2. The fourth-order valence-electron chi connectivity index (χ4n) is 3.77. The van der Waals surface area contributed by atoms with E-state index >= 15 is 0 Å². The first-order valence-corrected chi connectivity index (χ1v) is 31.4. The summed E-state index contributed by atoms with van der Waals surface area (Å²) in [5, 5.41) is 0. The van der Waals surface area contributed by atoms with Crippen LogP contribution in [0.3, 0.4) is 0 Å². The van der Waals surface area contributed by atoms with Gasteiger partial charge in [-0.25, -0.2) is 0 Å². The maximum absolute atomic E-state index is 11.5. The minimum absolute atomic E-state index is 0. The summed E-state index contributed by atoms with van der Waals surface area (Å²) in [5.41, 5.74) is 0. The van der Waals surface area contributed by atoms with Crippen LogP contribution < -0.4 is 0 Å². The van der Waals surface area contributed by atoms with Crippen LogP contribution in [0.5, 0.6) is 0 Å². The van der Waals surface area contributed by atoms with E-state index < -0.39 is 30.4 Å². The molecule has 26 heteroatoms. The van der Waals surface area contributed by atoms with Crippen LogP contribution in [0.2, 0.25) is 0 Å². The van der Waals surface area contributed by atoms with Crippen molar-refractivity contribution in [3.8, 4) is 0 Å². The first-order chi connectivity index (χ1) is 30.1. The number of hydrogen-bond donors (Lipinski definition) is 4. The molecule has 2 N–H and O–H groups in total. The first-order valence-electron chi connectivity index (χ1n) is 21.1. The molecule has 0 aromatic carbocycles. The van der Waals surface area contributed by atoms with Crippen molar-refractivity contribution < 1.29 is 60.6 Å². The zero-order valence-corrected chi connectivity index (χ0v) is 51.0. The van der Waals surface area contributed by atoms with E-state index in [1.165, 1.54) is 140 Å². The van der Waals surface area contributed by atoms with Gasteiger partial charge in [0.05, 0.1) is 6.16 Å². The number of rotatable bonds is 28. The zero-order valence-electron chi connectivity index (χ0n) is 42.5. The van der Waals surface area contributed by atoms with Crippen molar-refractivity contribution in [3.63, 3.8) is 0 Å². The van der Waals surface area contributed by atoms with Gasteiger partial charge in [-0.2, -0.15) is 37.0 Å². The molecule has 0 spiro atoms. The number of thiol groups is 2. The van der Waals surface area contributed by atoms with E-state index in [0.717, 1.165) is 60.7 Å². The average molecular weight is 1100 g/mol. The average Bonchev–Trinajstić information content (AvgIpc) is 3.95. The monoisotopic (exact) mass is 1100 g/mol. The number of hydrogen-bond acceptors (Lipinski definition) is 18. The quantitative estimate of drug-likeness (QED) is 0.0250. The molecule has 1 saturated heterocycles. The molecule has 1 heterocycles. The van der Waals surface area contributed by atoms with E-state index in [0.29, 0.717) is 12.3 Å². The van der Waals surface area contributed by atoms with Crippen LogP contribution in [-0.4, -0.2) is 154 Å².